The van der Waals surface area contributed by atoms with Gasteiger partial charge in [-0.2, -0.15) is 0 Å². The lowest BCUT2D eigenvalue weighted by molar-refractivity contribution is -0.216. The Morgan fingerprint density at radius 1 is 1.19 bits per heavy atom. The van der Waals surface area contributed by atoms with Gasteiger partial charge in [-0.05, 0) is 12.5 Å². The first-order valence-electron chi connectivity index (χ1n) is 5.62. The third-order valence-electron chi connectivity index (χ3n) is 3.11. The molecule has 4 N–H and O–H groups in total. The van der Waals surface area contributed by atoms with Crippen LogP contribution in [0.25, 0.3) is 0 Å². The Bertz CT molecular complexity index is 229. The third kappa shape index (κ3) is 2.55. The second-order valence-corrected chi connectivity index (χ2v) is 5.44. The van der Waals surface area contributed by atoms with Crippen LogP contribution in [0.2, 0.25) is 0 Å². The summed E-state index contributed by atoms with van der Waals surface area (Å²) in [7, 11) is 1.72. The van der Waals surface area contributed by atoms with Gasteiger partial charge in [-0.25, -0.2) is 0 Å². The molecule has 0 aliphatic carbocycles. The maximum absolute atomic E-state index is 9.97. The van der Waals surface area contributed by atoms with Crippen molar-refractivity contribution in [2.24, 2.45) is 5.41 Å². The summed E-state index contributed by atoms with van der Waals surface area (Å²) >= 11 is 0. The zero-order chi connectivity index (χ0) is 12.5. The number of ether oxygens (including phenoxy) is 1. The summed E-state index contributed by atoms with van der Waals surface area (Å²) in [4.78, 5) is 0. The van der Waals surface area contributed by atoms with Crippen molar-refractivity contribution in [2.75, 3.05) is 13.7 Å². The zero-order valence-corrected chi connectivity index (χ0v) is 10.3. The minimum Gasteiger partial charge on any atom is -0.394 e. The van der Waals surface area contributed by atoms with Crippen LogP contribution >= 0.6 is 0 Å². The number of nitrogens with one attached hydrogen (secondary N) is 1. The summed E-state index contributed by atoms with van der Waals surface area (Å²) in [5, 5.41) is 31.8. The number of hydrogen-bond donors (Lipinski definition) is 4. The van der Waals surface area contributed by atoms with Crippen molar-refractivity contribution in [1.29, 1.82) is 0 Å². The Morgan fingerprint density at radius 3 is 2.12 bits per heavy atom. The summed E-state index contributed by atoms with van der Waals surface area (Å²) in [5.74, 6) is 0. The highest BCUT2D eigenvalue weighted by atomic mass is 16.5. The van der Waals surface area contributed by atoms with Gasteiger partial charge in [0.15, 0.2) is 0 Å². The molecule has 5 nitrogen and oxygen atoms in total. The Balaban J connectivity index is 2.90. The molecule has 1 rings (SSSR count). The first-order chi connectivity index (χ1) is 7.32. The molecule has 0 radical (unpaired) electrons. The molecule has 1 aliphatic rings. The van der Waals surface area contributed by atoms with E-state index in [1.165, 1.54) is 0 Å². The molecule has 0 bridgehead atoms. The minimum absolute atomic E-state index is 0.178. The van der Waals surface area contributed by atoms with Gasteiger partial charge < -0.3 is 25.4 Å². The van der Waals surface area contributed by atoms with Gasteiger partial charge in [-0.3, -0.25) is 0 Å². The Morgan fingerprint density at radius 2 is 1.75 bits per heavy atom. The summed E-state index contributed by atoms with van der Waals surface area (Å²) < 4.78 is 5.66. The van der Waals surface area contributed by atoms with Crippen LogP contribution in [-0.4, -0.2) is 59.4 Å². The van der Waals surface area contributed by atoms with E-state index in [9.17, 15) is 10.2 Å². The molecule has 0 aromatic carbocycles. The van der Waals surface area contributed by atoms with Crippen molar-refractivity contribution in [2.45, 2.75) is 51.2 Å². The fourth-order valence-corrected chi connectivity index (χ4v) is 2.18. The second kappa shape index (κ2) is 4.98. The van der Waals surface area contributed by atoms with E-state index in [4.69, 9.17) is 9.84 Å². The van der Waals surface area contributed by atoms with Crippen molar-refractivity contribution in [3.63, 3.8) is 0 Å². The lowest BCUT2D eigenvalue weighted by Crippen LogP contribution is -2.65. The predicted molar refractivity (Wildman–Crippen MR) is 60.1 cm³/mol. The lowest BCUT2D eigenvalue weighted by atomic mass is 9.79. The van der Waals surface area contributed by atoms with Gasteiger partial charge in [-0.15, -0.1) is 0 Å². The van der Waals surface area contributed by atoms with Crippen molar-refractivity contribution >= 4 is 0 Å². The number of aliphatic hydroxyl groups is 3. The quantitative estimate of drug-likeness (QED) is 0.497. The number of hydrogen-bond acceptors (Lipinski definition) is 5. The summed E-state index contributed by atoms with van der Waals surface area (Å²) in [6, 6.07) is -0.335. The van der Waals surface area contributed by atoms with Crippen LogP contribution in [0.3, 0.4) is 0 Å². The molecule has 1 aliphatic heterocycles. The molecule has 1 heterocycles. The van der Waals surface area contributed by atoms with Gasteiger partial charge in [0.05, 0.1) is 18.8 Å². The molecular weight excluding hydrogens is 210 g/mol. The normalized spacial score (nSPS) is 41.1. The largest absolute Gasteiger partial charge is 0.394 e. The van der Waals surface area contributed by atoms with E-state index < -0.39 is 18.3 Å². The first-order valence-corrected chi connectivity index (χ1v) is 5.62. The Labute approximate surface area is 96.4 Å². The molecule has 0 aromatic heterocycles. The summed E-state index contributed by atoms with van der Waals surface area (Å²) in [6.07, 6.45) is -2.96. The molecular formula is C11H23NO4. The molecule has 96 valence electrons. The highest BCUT2D eigenvalue weighted by molar-refractivity contribution is 4.99. The number of likely N-dealkylation sites (N-methyl/N-ethyl adjacent to an activating group) is 1. The van der Waals surface area contributed by atoms with E-state index in [0.717, 1.165) is 0 Å². The SMILES string of the molecule is CNC1C(O)C(O)C(CO)OC1C(C)(C)C. The minimum atomic E-state index is -1.05. The topological polar surface area (TPSA) is 82.0 Å². The molecule has 1 fully saturated rings. The Kier molecular flexibility index (Phi) is 4.31. The van der Waals surface area contributed by atoms with E-state index in [1.807, 2.05) is 20.8 Å². The van der Waals surface area contributed by atoms with Crippen molar-refractivity contribution in [1.82, 2.24) is 5.32 Å². The molecule has 16 heavy (non-hydrogen) atoms. The molecule has 5 atom stereocenters. The molecule has 5 heteroatoms. The predicted octanol–water partition coefficient (Wildman–Crippen LogP) is -0.898. The van der Waals surface area contributed by atoms with Crippen LogP contribution in [0.5, 0.6) is 0 Å². The van der Waals surface area contributed by atoms with Crippen molar-refractivity contribution in [3.8, 4) is 0 Å². The average Bonchev–Trinajstić information content (AvgIpc) is 2.20. The molecule has 0 spiro atoms. The van der Waals surface area contributed by atoms with E-state index in [0.29, 0.717) is 0 Å². The molecule has 0 saturated carbocycles. The first kappa shape index (κ1) is 13.9. The molecule has 0 amide bonds. The van der Waals surface area contributed by atoms with E-state index >= 15 is 0 Å². The van der Waals surface area contributed by atoms with Crippen LogP contribution in [0.1, 0.15) is 20.8 Å². The molecule has 1 saturated heterocycles. The fraction of sp³-hybridized carbons (Fsp3) is 1.00. The van der Waals surface area contributed by atoms with Gasteiger partial charge in [0, 0.05) is 0 Å². The smallest absolute Gasteiger partial charge is 0.110 e. The van der Waals surface area contributed by atoms with Gasteiger partial charge in [0.2, 0.25) is 0 Å². The van der Waals surface area contributed by atoms with Gasteiger partial charge in [0.1, 0.15) is 18.3 Å². The van der Waals surface area contributed by atoms with Crippen LogP contribution in [0, 0.1) is 5.41 Å². The van der Waals surface area contributed by atoms with Gasteiger partial charge >= 0.3 is 0 Å². The monoisotopic (exact) mass is 233 g/mol. The number of aliphatic hydroxyl groups excluding tert-OH is 3. The van der Waals surface area contributed by atoms with Crippen LogP contribution < -0.4 is 5.32 Å². The number of rotatable bonds is 2. The van der Waals surface area contributed by atoms with Crippen LogP contribution in [0.15, 0.2) is 0 Å². The van der Waals surface area contributed by atoms with Crippen molar-refractivity contribution < 1.29 is 20.1 Å². The lowest BCUT2D eigenvalue weighted by Gasteiger charge is -2.47. The maximum atomic E-state index is 9.97. The third-order valence-corrected chi connectivity index (χ3v) is 3.11. The molecule has 0 aromatic rings. The zero-order valence-electron chi connectivity index (χ0n) is 10.3. The van der Waals surface area contributed by atoms with Crippen LogP contribution in [0.4, 0.5) is 0 Å². The standard InChI is InChI=1S/C11H23NO4/c1-11(2,3)10-7(12-4)9(15)8(14)6(5-13)16-10/h6-10,12-15H,5H2,1-4H3. The van der Waals surface area contributed by atoms with Crippen molar-refractivity contribution in [3.05, 3.63) is 0 Å². The fourth-order valence-electron chi connectivity index (χ4n) is 2.18. The maximum Gasteiger partial charge on any atom is 0.110 e. The van der Waals surface area contributed by atoms with Gasteiger partial charge in [0.25, 0.3) is 0 Å². The van der Waals surface area contributed by atoms with E-state index in [1.54, 1.807) is 7.05 Å². The second-order valence-electron chi connectivity index (χ2n) is 5.44. The highest BCUT2D eigenvalue weighted by Crippen LogP contribution is 2.32. The molecule has 5 unspecified atom stereocenters. The van der Waals surface area contributed by atoms with Gasteiger partial charge in [-0.1, -0.05) is 20.8 Å². The van der Waals surface area contributed by atoms with E-state index in [2.05, 4.69) is 5.32 Å². The Hall–Kier alpha value is -0.200. The summed E-state index contributed by atoms with van der Waals surface area (Å²) in [6.45, 7) is 5.71. The van der Waals surface area contributed by atoms with E-state index in [-0.39, 0.29) is 24.2 Å². The average molecular weight is 233 g/mol. The highest BCUT2D eigenvalue weighted by Gasteiger charge is 2.47. The van der Waals surface area contributed by atoms with Crippen LogP contribution in [-0.2, 0) is 4.74 Å². The summed E-state index contributed by atoms with van der Waals surface area (Å²) in [5.41, 5.74) is -0.178.